The molecule has 3 heterocycles. The number of nitrogens with zero attached hydrogens (tertiary/aromatic N) is 2. The summed E-state index contributed by atoms with van der Waals surface area (Å²) in [5.41, 5.74) is 0.788. The van der Waals surface area contributed by atoms with Crippen LogP contribution in [0.1, 0.15) is 0 Å². The van der Waals surface area contributed by atoms with E-state index in [1.165, 1.54) is 12.4 Å². The molecule has 0 aliphatic heterocycles. The van der Waals surface area contributed by atoms with Crippen LogP contribution < -0.4 is 5.76 Å². The van der Waals surface area contributed by atoms with Gasteiger partial charge in [0.25, 0.3) is 5.89 Å². The summed E-state index contributed by atoms with van der Waals surface area (Å²) in [5, 5.41) is 6.31. The van der Waals surface area contributed by atoms with Crippen molar-refractivity contribution in [3.8, 4) is 11.5 Å². The van der Waals surface area contributed by atoms with Crippen molar-refractivity contribution < 1.29 is 8.81 Å². The molecule has 0 saturated heterocycles. The van der Waals surface area contributed by atoms with Gasteiger partial charge in [-0.1, -0.05) is 0 Å². The van der Waals surface area contributed by atoms with Gasteiger partial charge in [-0.3, -0.25) is 4.98 Å². The zero-order chi connectivity index (χ0) is 11.1. The van der Waals surface area contributed by atoms with Crippen molar-refractivity contribution in [3.63, 3.8) is 0 Å². The molecule has 0 aliphatic rings. The van der Waals surface area contributed by atoms with Gasteiger partial charge in [-0.25, -0.2) is 14.3 Å². The Morgan fingerprint density at radius 3 is 3.00 bits per heavy atom. The molecule has 3 rings (SSSR count). The van der Waals surface area contributed by atoms with E-state index in [-0.39, 0.29) is 5.89 Å². The highest BCUT2D eigenvalue weighted by molar-refractivity contribution is 5.92. The number of rotatable bonds is 1. The van der Waals surface area contributed by atoms with Crippen molar-refractivity contribution in [1.29, 1.82) is 0 Å². The Balaban J connectivity index is 2.33. The highest BCUT2D eigenvalue weighted by atomic mass is 19.1. The molecule has 0 bridgehead atoms. The van der Waals surface area contributed by atoms with Gasteiger partial charge in [-0.05, 0) is 0 Å². The van der Waals surface area contributed by atoms with Crippen molar-refractivity contribution in [1.82, 2.24) is 20.2 Å². The Morgan fingerprint density at radius 1 is 1.38 bits per heavy atom. The SMILES string of the molecule is O=c1[nH]nc(-c2c[nH]c3c(F)cncc23)o1. The van der Waals surface area contributed by atoms with Crippen LogP contribution in [0.15, 0.2) is 27.8 Å². The molecule has 3 aromatic heterocycles. The Labute approximate surface area is 87.1 Å². The number of aromatic amines is 2. The smallest absolute Gasteiger partial charge is 0.388 e. The fraction of sp³-hybridized carbons (Fsp3) is 0. The van der Waals surface area contributed by atoms with E-state index in [4.69, 9.17) is 4.42 Å². The molecule has 0 fully saturated rings. The van der Waals surface area contributed by atoms with Gasteiger partial charge in [0.05, 0.1) is 17.3 Å². The van der Waals surface area contributed by atoms with Gasteiger partial charge in [0, 0.05) is 17.8 Å². The van der Waals surface area contributed by atoms with Crippen LogP contribution in [-0.2, 0) is 0 Å². The minimum Gasteiger partial charge on any atom is -0.388 e. The third kappa shape index (κ3) is 1.14. The number of hydrogen-bond acceptors (Lipinski definition) is 4. The van der Waals surface area contributed by atoms with E-state index in [1.54, 1.807) is 0 Å². The third-order valence-corrected chi connectivity index (χ3v) is 2.22. The number of aromatic nitrogens is 4. The molecule has 0 aliphatic carbocycles. The maximum absolute atomic E-state index is 13.3. The Hall–Kier alpha value is -2.44. The van der Waals surface area contributed by atoms with Gasteiger partial charge in [0.15, 0.2) is 5.82 Å². The average Bonchev–Trinajstić information content (AvgIpc) is 2.84. The summed E-state index contributed by atoms with van der Waals surface area (Å²) in [5.74, 6) is -1.03. The molecule has 0 unspecified atom stereocenters. The summed E-state index contributed by atoms with van der Waals surface area (Å²) in [7, 11) is 0. The second-order valence-electron chi connectivity index (χ2n) is 3.16. The standard InChI is InChI=1S/C9H5FN4O2/c10-6-3-11-1-4-5(2-12-7(4)6)8-13-14-9(15)16-8/h1-3,12H,(H,14,15). The molecule has 0 amide bonds. The second kappa shape index (κ2) is 3.02. The van der Waals surface area contributed by atoms with E-state index < -0.39 is 11.6 Å². The van der Waals surface area contributed by atoms with E-state index in [0.717, 1.165) is 6.20 Å². The fourth-order valence-electron chi connectivity index (χ4n) is 1.53. The van der Waals surface area contributed by atoms with E-state index in [1.807, 2.05) is 0 Å². The first-order chi connectivity index (χ1) is 7.75. The van der Waals surface area contributed by atoms with Crippen molar-refractivity contribution in [2.45, 2.75) is 0 Å². The van der Waals surface area contributed by atoms with Crippen LogP contribution in [0.25, 0.3) is 22.4 Å². The van der Waals surface area contributed by atoms with E-state index >= 15 is 0 Å². The van der Waals surface area contributed by atoms with E-state index in [9.17, 15) is 9.18 Å². The predicted molar refractivity (Wildman–Crippen MR) is 52.2 cm³/mol. The number of pyridine rings is 1. The zero-order valence-electron chi connectivity index (χ0n) is 7.82. The van der Waals surface area contributed by atoms with Crippen LogP contribution in [0.5, 0.6) is 0 Å². The topological polar surface area (TPSA) is 87.6 Å². The van der Waals surface area contributed by atoms with Crippen LogP contribution in [0, 0.1) is 5.82 Å². The Bertz CT molecular complexity index is 711. The zero-order valence-corrected chi connectivity index (χ0v) is 7.82. The first-order valence-electron chi connectivity index (χ1n) is 4.42. The van der Waals surface area contributed by atoms with Crippen molar-refractivity contribution in [3.05, 3.63) is 35.0 Å². The summed E-state index contributed by atoms with van der Waals surface area (Å²) in [6, 6.07) is 0. The highest BCUT2D eigenvalue weighted by Crippen LogP contribution is 2.26. The van der Waals surface area contributed by atoms with Gasteiger partial charge in [0.2, 0.25) is 0 Å². The summed E-state index contributed by atoms with van der Waals surface area (Å²) in [6.45, 7) is 0. The molecule has 0 atom stereocenters. The van der Waals surface area contributed by atoms with Gasteiger partial charge in [-0.2, -0.15) is 0 Å². The summed E-state index contributed by atoms with van der Waals surface area (Å²) < 4.78 is 18.1. The Kier molecular flexibility index (Phi) is 1.67. The van der Waals surface area contributed by atoms with Crippen LogP contribution in [0.2, 0.25) is 0 Å². The predicted octanol–water partition coefficient (Wildman–Crippen LogP) is 1.05. The summed E-state index contributed by atoms with van der Waals surface area (Å²) in [4.78, 5) is 17.3. The van der Waals surface area contributed by atoms with Gasteiger partial charge in [-0.15, -0.1) is 5.10 Å². The monoisotopic (exact) mass is 220 g/mol. The molecule has 80 valence electrons. The number of hydrogen-bond donors (Lipinski definition) is 2. The largest absolute Gasteiger partial charge is 0.434 e. The van der Waals surface area contributed by atoms with Crippen LogP contribution in [-0.4, -0.2) is 20.2 Å². The lowest BCUT2D eigenvalue weighted by molar-refractivity contribution is 0.527. The lowest BCUT2D eigenvalue weighted by Gasteiger charge is -1.92. The third-order valence-electron chi connectivity index (χ3n) is 2.22. The fourth-order valence-corrected chi connectivity index (χ4v) is 1.53. The first kappa shape index (κ1) is 8.84. The first-order valence-corrected chi connectivity index (χ1v) is 4.42. The molecule has 0 radical (unpaired) electrons. The second-order valence-corrected chi connectivity index (χ2v) is 3.16. The van der Waals surface area contributed by atoms with Crippen molar-refractivity contribution in [2.75, 3.05) is 0 Å². The van der Waals surface area contributed by atoms with Crippen molar-refractivity contribution in [2.24, 2.45) is 0 Å². The van der Waals surface area contributed by atoms with Gasteiger partial charge >= 0.3 is 5.76 Å². The van der Waals surface area contributed by atoms with Crippen LogP contribution >= 0.6 is 0 Å². The number of H-pyrrole nitrogens is 2. The van der Waals surface area contributed by atoms with Crippen LogP contribution in [0.4, 0.5) is 4.39 Å². The minimum atomic E-state index is -0.659. The molecule has 2 N–H and O–H groups in total. The molecule has 3 aromatic rings. The van der Waals surface area contributed by atoms with Gasteiger partial charge < -0.3 is 9.40 Å². The summed E-state index contributed by atoms with van der Waals surface area (Å²) in [6.07, 6.45) is 4.08. The minimum absolute atomic E-state index is 0.101. The van der Waals surface area contributed by atoms with E-state index in [0.29, 0.717) is 16.5 Å². The molecule has 0 aromatic carbocycles. The van der Waals surface area contributed by atoms with Crippen molar-refractivity contribution >= 4 is 10.9 Å². The van der Waals surface area contributed by atoms with E-state index in [2.05, 4.69) is 20.2 Å². The average molecular weight is 220 g/mol. The number of nitrogens with one attached hydrogen (secondary N) is 2. The lowest BCUT2D eigenvalue weighted by atomic mass is 10.2. The normalized spacial score (nSPS) is 11.1. The quantitative estimate of drug-likeness (QED) is 0.641. The molecular formula is C9H5FN4O2. The maximum atomic E-state index is 13.3. The molecule has 16 heavy (non-hydrogen) atoms. The maximum Gasteiger partial charge on any atom is 0.434 e. The lowest BCUT2D eigenvalue weighted by Crippen LogP contribution is -1.93. The number of halogens is 1. The molecule has 7 heteroatoms. The Morgan fingerprint density at radius 2 is 2.25 bits per heavy atom. The number of fused-ring (bicyclic) bond motifs is 1. The molecular weight excluding hydrogens is 215 g/mol. The summed E-state index contributed by atoms with van der Waals surface area (Å²) >= 11 is 0. The molecule has 6 nitrogen and oxygen atoms in total. The highest BCUT2D eigenvalue weighted by Gasteiger charge is 2.13. The molecule has 0 saturated carbocycles. The van der Waals surface area contributed by atoms with Crippen LogP contribution in [0.3, 0.4) is 0 Å². The van der Waals surface area contributed by atoms with Gasteiger partial charge in [0.1, 0.15) is 0 Å². The molecule has 0 spiro atoms.